The van der Waals surface area contributed by atoms with Gasteiger partial charge in [-0.25, -0.2) is 13.1 Å². The summed E-state index contributed by atoms with van der Waals surface area (Å²) in [7, 11) is -3.18. The number of nitrogen functional groups attached to an aromatic ring is 1. The number of anilines is 3. The predicted octanol–water partition coefficient (Wildman–Crippen LogP) is -0.985. The van der Waals surface area contributed by atoms with Gasteiger partial charge in [0.2, 0.25) is 27.9 Å². The van der Waals surface area contributed by atoms with Crippen molar-refractivity contribution < 1.29 is 8.42 Å². The SMILES string of the molecule is CS(=O)(=O)NCCNc1nc(N)nc(N2CCCC2)n1. The number of aromatic nitrogens is 3. The number of hydrogen-bond donors (Lipinski definition) is 3. The molecule has 1 aliphatic rings. The molecule has 20 heavy (non-hydrogen) atoms. The third-order valence-corrected chi connectivity index (χ3v) is 3.53. The summed E-state index contributed by atoms with van der Waals surface area (Å²) in [5, 5.41) is 2.93. The largest absolute Gasteiger partial charge is 0.368 e. The molecule has 2 rings (SSSR count). The van der Waals surface area contributed by atoms with Crippen molar-refractivity contribution in [2.45, 2.75) is 12.8 Å². The molecule has 10 heteroatoms. The van der Waals surface area contributed by atoms with Gasteiger partial charge < -0.3 is 16.0 Å². The molecule has 0 amide bonds. The van der Waals surface area contributed by atoms with Crippen molar-refractivity contribution in [2.24, 2.45) is 0 Å². The number of rotatable bonds is 6. The lowest BCUT2D eigenvalue weighted by Gasteiger charge is -2.16. The van der Waals surface area contributed by atoms with E-state index in [0.29, 0.717) is 18.4 Å². The van der Waals surface area contributed by atoms with E-state index in [0.717, 1.165) is 32.2 Å². The fraction of sp³-hybridized carbons (Fsp3) is 0.700. The summed E-state index contributed by atoms with van der Waals surface area (Å²) >= 11 is 0. The first-order chi connectivity index (χ1) is 9.44. The van der Waals surface area contributed by atoms with Gasteiger partial charge in [-0.3, -0.25) is 0 Å². The van der Waals surface area contributed by atoms with Gasteiger partial charge in [-0.15, -0.1) is 0 Å². The Kier molecular flexibility index (Phi) is 4.55. The van der Waals surface area contributed by atoms with E-state index in [-0.39, 0.29) is 12.5 Å². The highest BCUT2D eigenvalue weighted by Crippen LogP contribution is 2.17. The van der Waals surface area contributed by atoms with Crippen molar-refractivity contribution >= 4 is 27.9 Å². The Labute approximate surface area is 118 Å². The zero-order chi connectivity index (χ0) is 14.6. The van der Waals surface area contributed by atoms with Crippen LogP contribution < -0.4 is 20.7 Å². The highest BCUT2D eigenvalue weighted by atomic mass is 32.2. The second kappa shape index (κ2) is 6.18. The maximum absolute atomic E-state index is 10.9. The zero-order valence-corrected chi connectivity index (χ0v) is 12.2. The molecule has 4 N–H and O–H groups in total. The van der Waals surface area contributed by atoms with E-state index in [1.807, 2.05) is 0 Å². The van der Waals surface area contributed by atoms with E-state index in [9.17, 15) is 8.42 Å². The average Bonchev–Trinajstić information content (AvgIpc) is 2.86. The molecular weight excluding hydrogens is 282 g/mol. The first-order valence-corrected chi connectivity index (χ1v) is 8.28. The Morgan fingerprint density at radius 1 is 1.20 bits per heavy atom. The van der Waals surface area contributed by atoms with Gasteiger partial charge in [0.15, 0.2) is 0 Å². The van der Waals surface area contributed by atoms with Crippen LogP contribution in [-0.4, -0.2) is 55.8 Å². The monoisotopic (exact) mass is 301 g/mol. The molecule has 0 aliphatic carbocycles. The highest BCUT2D eigenvalue weighted by molar-refractivity contribution is 7.88. The van der Waals surface area contributed by atoms with Crippen molar-refractivity contribution in [3.05, 3.63) is 0 Å². The molecule has 1 saturated heterocycles. The molecule has 1 aromatic heterocycles. The number of sulfonamides is 1. The smallest absolute Gasteiger partial charge is 0.231 e. The molecule has 0 aromatic carbocycles. The molecule has 9 nitrogen and oxygen atoms in total. The van der Waals surface area contributed by atoms with Crippen LogP contribution >= 0.6 is 0 Å². The highest BCUT2D eigenvalue weighted by Gasteiger charge is 2.16. The molecule has 0 atom stereocenters. The number of nitrogens with one attached hydrogen (secondary N) is 2. The first-order valence-electron chi connectivity index (χ1n) is 6.39. The Bertz CT molecular complexity index is 557. The molecule has 0 saturated carbocycles. The lowest BCUT2D eigenvalue weighted by molar-refractivity contribution is 0.589. The number of hydrogen-bond acceptors (Lipinski definition) is 8. The van der Waals surface area contributed by atoms with Gasteiger partial charge in [-0.2, -0.15) is 15.0 Å². The quantitative estimate of drug-likeness (QED) is 0.572. The predicted molar refractivity (Wildman–Crippen MR) is 77.0 cm³/mol. The molecule has 0 unspecified atom stereocenters. The molecule has 1 aromatic rings. The normalized spacial score (nSPS) is 15.6. The summed E-state index contributed by atoms with van der Waals surface area (Å²) < 4.78 is 24.2. The van der Waals surface area contributed by atoms with Crippen molar-refractivity contribution in [3.63, 3.8) is 0 Å². The third-order valence-electron chi connectivity index (χ3n) is 2.80. The fourth-order valence-electron chi connectivity index (χ4n) is 1.93. The van der Waals surface area contributed by atoms with Crippen LogP contribution in [0.2, 0.25) is 0 Å². The van der Waals surface area contributed by atoms with Crippen molar-refractivity contribution in [3.8, 4) is 0 Å². The van der Waals surface area contributed by atoms with E-state index < -0.39 is 10.0 Å². The minimum Gasteiger partial charge on any atom is -0.368 e. The third kappa shape index (κ3) is 4.46. The molecular formula is C10H19N7O2S. The lowest BCUT2D eigenvalue weighted by atomic mass is 10.4. The Balaban J connectivity index is 1.94. The molecule has 0 radical (unpaired) electrons. The maximum Gasteiger partial charge on any atom is 0.231 e. The van der Waals surface area contributed by atoms with Crippen LogP contribution in [0, 0.1) is 0 Å². The van der Waals surface area contributed by atoms with Crippen LogP contribution in [0.4, 0.5) is 17.8 Å². The summed E-state index contributed by atoms with van der Waals surface area (Å²) in [5.74, 6) is 1.07. The van der Waals surface area contributed by atoms with Gasteiger partial charge in [-0.05, 0) is 12.8 Å². The van der Waals surface area contributed by atoms with E-state index in [1.165, 1.54) is 0 Å². The van der Waals surface area contributed by atoms with Crippen molar-refractivity contribution in [1.82, 2.24) is 19.7 Å². The summed E-state index contributed by atoms with van der Waals surface area (Å²) in [6.07, 6.45) is 3.35. The minimum atomic E-state index is -3.18. The standard InChI is InChI=1S/C10H19N7O2S/c1-20(18,19)13-5-4-12-9-14-8(11)15-10(16-9)17-6-2-3-7-17/h13H,2-7H2,1H3,(H3,11,12,14,15,16). The molecule has 1 fully saturated rings. The summed E-state index contributed by atoms with van der Waals surface area (Å²) in [6, 6.07) is 0. The van der Waals surface area contributed by atoms with Crippen molar-refractivity contribution in [1.29, 1.82) is 0 Å². The second-order valence-corrected chi connectivity index (χ2v) is 6.44. The van der Waals surface area contributed by atoms with Gasteiger partial charge in [-0.1, -0.05) is 0 Å². The Morgan fingerprint density at radius 3 is 2.55 bits per heavy atom. The van der Waals surface area contributed by atoms with Crippen LogP contribution in [0.5, 0.6) is 0 Å². The average molecular weight is 301 g/mol. The Hall–Kier alpha value is -1.68. The molecule has 0 spiro atoms. The van der Waals surface area contributed by atoms with Gasteiger partial charge >= 0.3 is 0 Å². The van der Waals surface area contributed by atoms with Crippen LogP contribution in [0.1, 0.15) is 12.8 Å². The first kappa shape index (κ1) is 14.7. The van der Waals surface area contributed by atoms with Crippen LogP contribution in [0.25, 0.3) is 0 Å². The van der Waals surface area contributed by atoms with Crippen LogP contribution in [0.15, 0.2) is 0 Å². The fourth-order valence-corrected chi connectivity index (χ4v) is 2.40. The summed E-state index contributed by atoms with van der Waals surface area (Å²) in [6.45, 7) is 2.45. The molecule has 2 heterocycles. The Morgan fingerprint density at radius 2 is 1.90 bits per heavy atom. The van der Waals surface area contributed by atoms with E-state index >= 15 is 0 Å². The van der Waals surface area contributed by atoms with Gasteiger partial charge in [0.05, 0.1) is 6.26 Å². The van der Waals surface area contributed by atoms with Gasteiger partial charge in [0.25, 0.3) is 0 Å². The topological polar surface area (TPSA) is 126 Å². The van der Waals surface area contributed by atoms with Crippen LogP contribution in [-0.2, 0) is 10.0 Å². The van der Waals surface area contributed by atoms with Crippen LogP contribution in [0.3, 0.4) is 0 Å². The number of nitrogens with two attached hydrogens (primary N) is 1. The molecule has 112 valence electrons. The molecule has 0 bridgehead atoms. The summed E-state index contributed by atoms with van der Waals surface area (Å²) in [5.41, 5.74) is 5.66. The minimum absolute atomic E-state index is 0.153. The van der Waals surface area contributed by atoms with Crippen molar-refractivity contribution in [2.75, 3.05) is 48.4 Å². The second-order valence-electron chi connectivity index (χ2n) is 4.60. The zero-order valence-electron chi connectivity index (χ0n) is 11.3. The van der Waals surface area contributed by atoms with E-state index in [4.69, 9.17) is 5.73 Å². The van der Waals surface area contributed by atoms with Gasteiger partial charge in [0.1, 0.15) is 0 Å². The molecule has 1 aliphatic heterocycles. The van der Waals surface area contributed by atoms with E-state index in [2.05, 4.69) is 29.9 Å². The van der Waals surface area contributed by atoms with E-state index in [1.54, 1.807) is 0 Å². The number of nitrogens with zero attached hydrogens (tertiary/aromatic N) is 4. The maximum atomic E-state index is 10.9. The summed E-state index contributed by atoms with van der Waals surface area (Å²) in [4.78, 5) is 14.4. The lowest BCUT2D eigenvalue weighted by Crippen LogP contribution is -2.28. The van der Waals surface area contributed by atoms with Gasteiger partial charge in [0, 0.05) is 26.2 Å².